The summed E-state index contributed by atoms with van der Waals surface area (Å²) in [6, 6.07) is 17.4. The van der Waals surface area contributed by atoms with Crippen LogP contribution in [-0.2, 0) is 35.2 Å². The lowest BCUT2D eigenvalue weighted by molar-refractivity contribution is -0.176. The highest BCUT2D eigenvalue weighted by molar-refractivity contribution is 7.14. The van der Waals surface area contributed by atoms with E-state index in [1.807, 2.05) is 60.7 Å². The van der Waals surface area contributed by atoms with Crippen LogP contribution in [0.3, 0.4) is 0 Å². The molecule has 1 aliphatic heterocycles. The molecule has 1 saturated carbocycles. The van der Waals surface area contributed by atoms with Crippen LogP contribution >= 0.6 is 11.3 Å². The van der Waals surface area contributed by atoms with Crippen molar-refractivity contribution in [2.24, 2.45) is 5.16 Å². The molecular formula is C35H38N8O7S. The highest BCUT2D eigenvalue weighted by Crippen LogP contribution is 2.38. The van der Waals surface area contributed by atoms with Crippen LogP contribution in [-0.4, -0.2) is 72.6 Å². The summed E-state index contributed by atoms with van der Waals surface area (Å²) < 4.78 is 13.0. The minimum atomic E-state index is -1.50. The van der Waals surface area contributed by atoms with Gasteiger partial charge in [-0.25, -0.2) is 19.6 Å². The van der Waals surface area contributed by atoms with Gasteiger partial charge in [-0.15, -0.1) is 11.3 Å². The first-order chi connectivity index (χ1) is 24.5. The summed E-state index contributed by atoms with van der Waals surface area (Å²) in [5, 5.41) is 18.0. The molecule has 0 unspecified atom stereocenters. The van der Waals surface area contributed by atoms with E-state index in [1.54, 1.807) is 20.8 Å². The van der Waals surface area contributed by atoms with E-state index in [2.05, 4.69) is 36.2 Å². The van der Waals surface area contributed by atoms with E-state index in [-0.39, 0.29) is 23.1 Å². The molecule has 266 valence electrons. The third-order valence-corrected chi connectivity index (χ3v) is 9.00. The second-order valence-corrected chi connectivity index (χ2v) is 14.0. The average molecular weight is 715 g/mol. The quantitative estimate of drug-likeness (QED) is 0.0833. The standard InChI is InChI=1S/C35H38N8O7S/c1-34(2,3)49-33(47)41-32-39-25(19-51-32)27(30(45)40-26-24(38-29(26)44)18-43-21-36-20-37-43)42-50-35(16-10-11-17-35)31(46)48-28(22-12-6-4-7-13-22)23-14-8-5-9-15-23/h4-9,12-15,19-21,24,26,28H,10-11,16-18H2,1-3H3,(H,38,44)(H,40,45)(H,39,41,47)/b42-27-/t24-,26+/m1/s1. The third kappa shape index (κ3) is 8.57. The molecule has 2 aromatic heterocycles. The molecule has 0 radical (unpaired) electrons. The fraction of sp³-hybridized carbons (Fsp3) is 0.371. The van der Waals surface area contributed by atoms with Gasteiger partial charge in [0.1, 0.15) is 30.0 Å². The Morgan fingerprint density at radius 2 is 1.73 bits per heavy atom. The van der Waals surface area contributed by atoms with Crippen LogP contribution in [0.15, 0.2) is 83.9 Å². The van der Waals surface area contributed by atoms with Gasteiger partial charge in [-0.05, 0) is 44.7 Å². The number of aromatic nitrogens is 4. The van der Waals surface area contributed by atoms with E-state index >= 15 is 0 Å². The van der Waals surface area contributed by atoms with Crippen LogP contribution in [0.25, 0.3) is 0 Å². The summed E-state index contributed by atoms with van der Waals surface area (Å²) in [6.07, 6.45) is 3.35. The number of nitrogens with one attached hydrogen (secondary N) is 3. The Morgan fingerprint density at radius 1 is 1.06 bits per heavy atom. The highest BCUT2D eigenvalue weighted by Gasteiger charge is 2.48. The van der Waals surface area contributed by atoms with Crippen LogP contribution in [0.4, 0.5) is 9.93 Å². The van der Waals surface area contributed by atoms with Crippen molar-refractivity contribution < 1.29 is 33.5 Å². The van der Waals surface area contributed by atoms with E-state index in [1.165, 1.54) is 22.7 Å². The largest absolute Gasteiger partial charge is 0.450 e. The number of ether oxygens (including phenoxy) is 2. The molecule has 1 aliphatic carbocycles. The summed E-state index contributed by atoms with van der Waals surface area (Å²) in [6.45, 7) is 5.44. The third-order valence-electron chi connectivity index (χ3n) is 8.24. The zero-order valence-electron chi connectivity index (χ0n) is 28.3. The van der Waals surface area contributed by atoms with Gasteiger partial charge in [0, 0.05) is 18.2 Å². The first-order valence-electron chi connectivity index (χ1n) is 16.5. The lowest BCUT2D eigenvalue weighted by atomic mass is 9.98. The zero-order chi connectivity index (χ0) is 36.0. The van der Waals surface area contributed by atoms with Crippen molar-refractivity contribution in [1.29, 1.82) is 0 Å². The van der Waals surface area contributed by atoms with Crippen LogP contribution in [0, 0.1) is 0 Å². The zero-order valence-corrected chi connectivity index (χ0v) is 29.1. The Balaban J connectivity index is 1.27. The summed E-state index contributed by atoms with van der Waals surface area (Å²) in [5.41, 5.74) is -0.944. The second kappa shape index (κ2) is 15.1. The summed E-state index contributed by atoms with van der Waals surface area (Å²) in [5.74, 6) is -1.80. The van der Waals surface area contributed by atoms with E-state index in [4.69, 9.17) is 14.3 Å². The summed E-state index contributed by atoms with van der Waals surface area (Å²) >= 11 is 1.03. The van der Waals surface area contributed by atoms with Crippen molar-refractivity contribution >= 4 is 46.1 Å². The van der Waals surface area contributed by atoms with Crippen molar-refractivity contribution in [3.8, 4) is 0 Å². The molecule has 51 heavy (non-hydrogen) atoms. The van der Waals surface area contributed by atoms with E-state index in [0.717, 1.165) is 22.5 Å². The fourth-order valence-corrected chi connectivity index (χ4v) is 6.42. The molecule has 2 fully saturated rings. The topological polar surface area (TPSA) is 188 Å². The molecule has 3 N–H and O–H groups in total. The van der Waals surface area contributed by atoms with E-state index < -0.39 is 53.3 Å². The maximum atomic E-state index is 14.1. The van der Waals surface area contributed by atoms with E-state index in [9.17, 15) is 19.2 Å². The number of β-lactam (4-membered cyclic amide) rings is 1. The van der Waals surface area contributed by atoms with Crippen molar-refractivity contribution in [3.05, 3.63) is 95.5 Å². The highest BCUT2D eigenvalue weighted by atomic mass is 32.1. The van der Waals surface area contributed by atoms with Gasteiger partial charge in [0.25, 0.3) is 5.91 Å². The Labute approximate surface area is 297 Å². The molecule has 2 aliphatic rings. The van der Waals surface area contributed by atoms with Crippen LogP contribution in [0.1, 0.15) is 69.4 Å². The number of hydrogen-bond acceptors (Lipinski definition) is 12. The fourth-order valence-electron chi connectivity index (χ4n) is 5.74. The number of hydrogen-bond donors (Lipinski definition) is 3. The molecule has 4 aromatic rings. The van der Waals surface area contributed by atoms with Crippen molar-refractivity contribution in [2.45, 2.75) is 82.4 Å². The van der Waals surface area contributed by atoms with Gasteiger partial charge in [-0.1, -0.05) is 65.8 Å². The molecule has 3 amide bonds. The molecule has 0 spiro atoms. The lowest BCUT2D eigenvalue weighted by Gasteiger charge is -2.36. The maximum absolute atomic E-state index is 14.1. The predicted octanol–water partition coefficient (Wildman–Crippen LogP) is 4.13. The Bertz CT molecular complexity index is 1830. The van der Waals surface area contributed by atoms with Crippen LogP contribution in [0.2, 0.25) is 0 Å². The second-order valence-electron chi connectivity index (χ2n) is 13.2. The van der Waals surface area contributed by atoms with Gasteiger partial charge in [-0.2, -0.15) is 5.10 Å². The van der Waals surface area contributed by atoms with Gasteiger partial charge in [-0.3, -0.25) is 19.6 Å². The summed E-state index contributed by atoms with van der Waals surface area (Å²) in [7, 11) is 0. The number of carbonyl (C=O) groups is 4. The lowest BCUT2D eigenvalue weighted by Crippen LogP contribution is -2.70. The first-order valence-corrected chi connectivity index (χ1v) is 17.3. The van der Waals surface area contributed by atoms with Crippen molar-refractivity contribution in [2.75, 3.05) is 5.32 Å². The number of anilines is 1. The summed E-state index contributed by atoms with van der Waals surface area (Å²) in [4.78, 5) is 67.4. The molecule has 1 saturated heterocycles. The minimum absolute atomic E-state index is 0.0454. The van der Waals surface area contributed by atoms with Crippen molar-refractivity contribution in [3.63, 3.8) is 0 Å². The molecular weight excluding hydrogens is 677 g/mol. The minimum Gasteiger partial charge on any atom is -0.450 e. The number of carbonyl (C=O) groups excluding carboxylic acids is 4. The first kappa shape index (κ1) is 35.2. The van der Waals surface area contributed by atoms with Gasteiger partial charge < -0.3 is 24.9 Å². The molecule has 16 heteroatoms. The number of rotatable bonds is 12. The van der Waals surface area contributed by atoms with Gasteiger partial charge in [0.05, 0.1) is 12.6 Å². The Morgan fingerprint density at radius 3 is 2.31 bits per heavy atom. The SMILES string of the molecule is CC(C)(C)OC(=O)Nc1nc(/C(=N/OC2(C(=O)OC(c3ccccc3)c3ccccc3)CCCC2)C(=O)N[C@@H]2C(=O)N[C@@H]2Cn2cncn2)cs1. The molecule has 3 heterocycles. The Kier molecular flexibility index (Phi) is 10.4. The smallest absolute Gasteiger partial charge is 0.413 e. The molecule has 15 nitrogen and oxygen atoms in total. The van der Waals surface area contributed by atoms with Gasteiger partial charge >= 0.3 is 12.1 Å². The number of oxime groups is 1. The van der Waals surface area contributed by atoms with Crippen molar-refractivity contribution in [1.82, 2.24) is 30.4 Å². The van der Waals surface area contributed by atoms with E-state index in [0.29, 0.717) is 25.7 Å². The molecule has 6 rings (SSSR count). The van der Waals surface area contributed by atoms with Gasteiger partial charge in [0.2, 0.25) is 11.5 Å². The number of esters is 1. The average Bonchev–Trinajstić information content (AvgIpc) is 3.90. The number of benzene rings is 2. The molecule has 2 atom stereocenters. The molecule has 0 bridgehead atoms. The Hall–Kier alpha value is -5.64. The van der Waals surface area contributed by atoms with Gasteiger partial charge in [0.15, 0.2) is 16.9 Å². The monoisotopic (exact) mass is 714 g/mol. The number of nitrogens with zero attached hydrogens (tertiary/aromatic N) is 5. The molecule has 2 aromatic carbocycles. The maximum Gasteiger partial charge on any atom is 0.413 e. The number of amides is 3. The number of thiazole rings is 1. The predicted molar refractivity (Wildman–Crippen MR) is 185 cm³/mol. The van der Waals surface area contributed by atoms with Crippen LogP contribution < -0.4 is 16.0 Å². The van der Waals surface area contributed by atoms with Crippen LogP contribution in [0.5, 0.6) is 0 Å². The normalized spacial score (nSPS) is 18.4.